The third-order valence-corrected chi connectivity index (χ3v) is 3.15. The Hall–Kier alpha value is -2.09. The van der Waals surface area contributed by atoms with Crippen molar-refractivity contribution in [3.05, 3.63) is 28.7 Å². The Morgan fingerprint density at radius 3 is 2.60 bits per heavy atom. The number of thioether (sulfide) groups is 1. The molecule has 1 aliphatic heterocycles. The number of hydrogen-bond donors (Lipinski definition) is 1. The van der Waals surface area contributed by atoms with Gasteiger partial charge in [-0.2, -0.15) is 8.78 Å². The summed E-state index contributed by atoms with van der Waals surface area (Å²) in [5.74, 6) is -0.522. The largest absolute Gasteiger partial charge is 0.493 e. The molecule has 8 heteroatoms. The van der Waals surface area contributed by atoms with Crippen LogP contribution in [0, 0.1) is 0 Å². The molecule has 0 saturated carbocycles. The first kappa shape index (κ1) is 14.3. The van der Waals surface area contributed by atoms with Crippen LogP contribution >= 0.6 is 11.8 Å². The van der Waals surface area contributed by atoms with E-state index in [4.69, 9.17) is 4.74 Å². The number of benzene rings is 1. The van der Waals surface area contributed by atoms with Crippen LogP contribution in [-0.4, -0.2) is 24.9 Å². The van der Waals surface area contributed by atoms with E-state index in [9.17, 15) is 18.4 Å². The van der Waals surface area contributed by atoms with Gasteiger partial charge in [0.05, 0.1) is 12.0 Å². The molecule has 1 fully saturated rings. The molecule has 1 N–H and O–H groups in total. The summed E-state index contributed by atoms with van der Waals surface area (Å²) in [4.78, 5) is 22.6. The molecule has 1 aromatic carbocycles. The monoisotopic (exact) mass is 301 g/mol. The summed E-state index contributed by atoms with van der Waals surface area (Å²) in [5.41, 5.74) is 0.439. The van der Waals surface area contributed by atoms with Crippen molar-refractivity contribution in [1.82, 2.24) is 5.32 Å². The van der Waals surface area contributed by atoms with Crippen LogP contribution in [0.4, 0.5) is 13.6 Å². The second-order valence-electron chi connectivity index (χ2n) is 3.64. The maximum absolute atomic E-state index is 12.3. The molecule has 0 atom stereocenters. The third-order valence-electron chi connectivity index (χ3n) is 2.34. The predicted molar refractivity (Wildman–Crippen MR) is 68.7 cm³/mol. The lowest BCUT2D eigenvalue weighted by atomic mass is 10.2. The smallest absolute Gasteiger partial charge is 0.387 e. The number of methoxy groups -OCH3 is 1. The van der Waals surface area contributed by atoms with E-state index in [0.717, 1.165) is 11.8 Å². The molecular formula is C12H9F2NO4S. The van der Waals surface area contributed by atoms with Crippen molar-refractivity contribution in [3.8, 4) is 11.5 Å². The molecule has 0 spiro atoms. The van der Waals surface area contributed by atoms with Gasteiger partial charge in [0.15, 0.2) is 11.5 Å². The second kappa shape index (κ2) is 5.91. The molecule has 1 saturated heterocycles. The standard InChI is InChI=1S/C12H9F2NO4S/c1-18-7-3-2-6(4-8(7)19-11(13)14)5-9-10(16)15-12(17)20-9/h2-5,11H,1H3,(H,15,16,17)/b9-5+. The van der Waals surface area contributed by atoms with Crippen LogP contribution < -0.4 is 14.8 Å². The van der Waals surface area contributed by atoms with Crippen LogP contribution in [0.1, 0.15) is 5.56 Å². The minimum absolute atomic E-state index is 0.145. The maximum atomic E-state index is 12.3. The first-order valence-corrected chi connectivity index (χ1v) is 6.19. The highest BCUT2D eigenvalue weighted by atomic mass is 32.2. The van der Waals surface area contributed by atoms with Gasteiger partial charge in [-0.1, -0.05) is 6.07 Å². The van der Waals surface area contributed by atoms with Crippen LogP contribution in [0.5, 0.6) is 11.5 Å². The topological polar surface area (TPSA) is 64.6 Å². The SMILES string of the molecule is COc1ccc(/C=C2/SC(=O)NC2=O)cc1OC(F)F. The molecule has 0 aromatic heterocycles. The minimum atomic E-state index is -2.99. The highest BCUT2D eigenvalue weighted by molar-refractivity contribution is 8.18. The van der Waals surface area contributed by atoms with Gasteiger partial charge in [0.1, 0.15) is 0 Å². The van der Waals surface area contributed by atoms with E-state index < -0.39 is 17.8 Å². The van der Waals surface area contributed by atoms with Crippen molar-refractivity contribution in [3.63, 3.8) is 0 Å². The Bertz CT molecular complexity index is 589. The first-order chi connectivity index (χ1) is 9.49. The van der Waals surface area contributed by atoms with Gasteiger partial charge in [0.25, 0.3) is 11.1 Å². The maximum Gasteiger partial charge on any atom is 0.387 e. The highest BCUT2D eigenvalue weighted by Gasteiger charge is 2.25. The van der Waals surface area contributed by atoms with E-state index in [-0.39, 0.29) is 16.4 Å². The van der Waals surface area contributed by atoms with Crippen molar-refractivity contribution in [2.24, 2.45) is 0 Å². The van der Waals surface area contributed by atoms with Gasteiger partial charge >= 0.3 is 6.61 Å². The number of amides is 2. The molecule has 1 heterocycles. The van der Waals surface area contributed by atoms with Crippen molar-refractivity contribution >= 4 is 29.0 Å². The molecular weight excluding hydrogens is 292 g/mol. The van der Waals surface area contributed by atoms with E-state index in [1.165, 1.54) is 25.3 Å². The first-order valence-electron chi connectivity index (χ1n) is 5.37. The number of carbonyl (C=O) groups is 2. The summed E-state index contributed by atoms with van der Waals surface area (Å²) < 4.78 is 33.8. The van der Waals surface area contributed by atoms with Crippen LogP contribution in [0.3, 0.4) is 0 Å². The summed E-state index contributed by atoms with van der Waals surface area (Å²) in [7, 11) is 1.32. The summed E-state index contributed by atoms with van der Waals surface area (Å²) in [6.45, 7) is -2.99. The zero-order valence-corrected chi connectivity index (χ0v) is 11.0. The lowest BCUT2D eigenvalue weighted by Gasteiger charge is -2.10. The summed E-state index contributed by atoms with van der Waals surface area (Å²) in [6, 6.07) is 4.29. The molecule has 5 nitrogen and oxygen atoms in total. The zero-order valence-electron chi connectivity index (χ0n) is 10.2. The Morgan fingerprint density at radius 1 is 1.30 bits per heavy atom. The van der Waals surface area contributed by atoms with Gasteiger partial charge in [-0.15, -0.1) is 0 Å². The van der Waals surface area contributed by atoms with Gasteiger partial charge in [0, 0.05) is 0 Å². The van der Waals surface area contributed by atoms with Gasteiger partial charge in [-0.25, -0.2) is 0 Å². The minimum Gasteiger partial charge on any atom is -0.493 e. The van der Waals surface area contributed by atoms with Gasteiger partial charge in [-0.3, -0.25) is 14.9 Å². The molecule has 1 aliphatic rings. The number of hydrogen-bond acceptors (Lipinski definition) is 5. The van der Waals surface area contributed by atoms with Crippen molar-refractivity contribution in [2.75, 3.05) is 7.11 Å². The van der Waals surface area contributed by atoms with E-state index in [0.29, 0.717) is 5.56 Å². The normalized spacial score (nSPS) is 16.7. The highest BCUT2D eigenvalue weighted by Crippen LogP contribution is 2.32. The number of nitrogens with one attached hydrogen (secondary N) is 1. The van der Waals surface area contributed by atoms with Gasteiger partial charge < -0.3 is 9.47 Å². The van der Waals surface area contributed by atoms with E-state index in [1.54, 1.807) is 6.07 Å². The molecule has 1 aromatic rings. The Labute approximate surface area is 116 Å². The van der Waals surface area contributed by atoms with Gasteiger partial charge in [-0.05, 0) is 35.5 Å². The molecule has 0 bridgehead atoms. The Balaban J connectivity index is 2.31. The number of halogens is 2. The Kier molecular flexibility index (Phi) is 4.23. The number of rotatable bonds is 4. The lowest BCUT2D eigenvalue weighted by molar-refractivity contribution is -0.115. The number of alkyl halides is 2. The quantitative estimate of drug-likeness (QED) is 0.866. The van der Waals surface area contributed by atoms with Crippen molar-refractivity contribution in [2.45, 2.75) is 6.61 Å². The van der Waals surface area contributed by atoms with Crippen LogP contribution in [0.2, 0.25) is 0 Å². The lowest BCUT2D eigenvalue weighted by Crippen LogP contribution is -2.17. The summed E-state index contributed by atoms with van der Waals surface area (Å²) >= 11 is 0.740. The number of imide groups is 1. The van der Waals surface area contributed by atoms with Crippen LogP contribution in [-0.2, 0) is 4.79 Å². The average Bonchev–Trinajstić information content (AvgIpc) is 2.67. The fourth-order valence-electron chi connectivity index (χ4n) is 1.54. The average molecular weight is 301 g/mol. The number of ether oxygens (including phenoxy) is 2. The molecule has 106 valence electrons. The van der Waals surface area contributed by atoms with Crippen LogP contribution in [0.15, 0.2) is 23.1 Å². The second-order valence-corrected chi connectivity index (χ2v) is 4.66. The predicted octanol–water partition coefficient (Wildman–Crippen LogP) is 2.62. The number of carbonyl (C=O) groups excluding carboxylic acids is 2. The van der Waals surface area contributed by atoms with Crippen molar-refractivity contribution < 1.29 is 27.8 Å². The zero-order chi connectivity index (χ0) is 14.7. The third kappa shape index (κ3) is 3.27. The molecule has 0 unspecified atom stereocenters. The molecule has 0 radical (unpaired) electrons. The van der Waals surface area contributed by atoms with Gasteiger partial charge in [0.2, 0.25) is 0 Å². The molecule has 2 amide bonds. The summed E-state index contributed by atoms with van der Waals surface area (Å²) in [6.07, 6.45) is 1.41. The van der Waals surface area contributed by atoms with E-state index in [2.05, 4.69) is 10.1 Å². The van der Waals surface area contributed by atoms with Crippen LogP contribution in [0.25, 0.3) is 6.08 Å². The fourth-order valence-corrected chi connectivity index (χ4v) is 2.23. The fraction of sp³-hybridized carbons (Fsp3) is 0.167. The molecule has 20 heavy (non-hydrogen) atoms. The Morgan fingerprint density at radius 2 is 2.05 bits per heavy atom. The molecule has 2 rings (SSSR count). The molecule has 0 aliphatic carbocycles. The van der Waals surface area contributed by atoms with E-state index in [1.807, 2.05) is 0 Å². The van der Waals surface area contributed by atoms with Crippen molar-refractivity contribution in [1.29, 1.82) is 0 Å². The van der Waals surface area contributed by atoms with E-state index >= 15 is 0 Å². The summed E-state index contributed by atoms with van der Waals surface area (Å²) in [5, 5.41) is 1.62.